The maximum Gasteiger partial charge on any atom is 0.409 e. The minimum Gasteiger partial charge on any atom is -0.450 e. The SMILES string of the molecule is CCOC(=O)N1CCN(C(=O)c2ccccc2NC(=O)[C@@H]2CCCO2)CC1. The van der Waals surface area contributed by atoms with Gasteiger partial charge < -0.3 is 24.6 Å². The lowest BCUT2D eigenvalue weighted by atomic mass is 10.1. The number of carbonyl (C=O) groups excluding carboxylic acids is 3. The molecule has 2 aliphatic heterocycles. The van der Waals surface area contributed by atoms with Gasteiger partial charge in [0.2, 0.25) is 0 Å². The van der Waals surface area contributed by atoms with Crippen molar-refractivity contribution in [3.63, 3.8) is 0 Å². The fraction of sp³-hybridized carbons (Fsp3) is 0.526. The van der Waals surface area contributed by atoms with Gasteiger partial charge in [0.15, 0.2) is 0 Å². The normalized spacial score (nSPS) is 19.7. The summed E-state index contributed by atoms with van der Waals surface area (Å²) in [5.41, 5.74) is 0.921. The van der Waals surface area contributed by atoms with Crippen molar-refractivity contribution in [2.75, 3.05) is 44.7 Å². The van der Waals surface area contributed by atoms with E-state index in [0.717, 1.165) is 6.42 Å². The summed E-state index contributed by atoms with van der Waals surface area (Å²) in [5, 5.41) is 2.82. The Hall–Kier alpha value is -2.61. The van der Waals surface area contributed by atoms with Crippen molar-refractivity contribution in [2.45, 2.75) is 25.9 Å². The molecular formula is C19H25N3O5. The van der Waals surface area contributed by atoms with Crippen LogP contribution in [-0.4, -0.2) is 73.2 Å². The summed E-state index contributed by atoms with van der Waals surface area (Å²) in [6.45, 7) is 4.38. The fourth-order valence-electron chi connectivity index (χ4n) is 3.25. The molecule has 2 fully saturated rings. The Labute approximate surface area is 158 Å². The average Bonchev–Trinajstić information content (AvgIpc) is 3.23. The number of anilines is 1. The summed E-state index contributed by atoms with van der Waals surface area (Å²) in [4.78, 5) is 40.3. The van der Waals surface area contributed by atoms with Gasteiger partial charge in [-0.2, -0.15) is 0 Å². The van der Waals surface area contributed by atoms with Crippen molar-refractivity contribution in [2.24, 2.45) is 0 Å². The van der Waals surface area contributed by atoms with Crippen LogP contribution < -0.4 is 5.32 Å². The molecule has 1 atom stereocenters. The molecule has 1 N–H and O–H groups in total. The van der Waals surface area contributed by atoms with Crippen LogP contribution in [0, 0.1) is 0 Å². The largest absolute Gasteiger partial charge is 0.450 e. The van der Waals surface area contributed by atoms with Gasteiger partial charge in [-0.25, -0.2) is 4.79 Å². The van der Waals surface area contributed by atoms with Crippen molar-refractivity contribution in [3.8, 4) is 0 Å². The van der Waals surface area contributed by atoms with Crippen molar-refractivity contribution < 1.29 is 23.9 Å². The first-order valence-electron chi connectivity index (χ1n) is 9.32. The summed E-state index contributed by atoms with van der Waals surface area (Å²) in [6.07, 6.45) is 0.747. The standard InChI is InChI=1S/C19H25N3O5/c1-2-26-19(25)22-11-9-21(10-12-22)18(24)14-6-3-4-7-15(14)20-17(23)16-8-5-13-27-16/h3-4,6-7,16H,2,5,8-13H2,1H3,(H,20,23)/t16-/m0/s1. The van der Waals surface area contributed by atoms with Crippen molar-refractivity contribution in [1.82, 2.24) is 9.80 Å². The molecule has 1 aromatic rings. The molecule has 146 valence electrons. The zero-order chi connectivity index (χ0) is 19.2. The number of hydrogen-bond donors (Lipinski definition) is 1. The van der Waals surface area contributed by atoms with Gasteiger partial charge in [0.05, 0.1) is 17.9 Å². The number of amides is 3. The molecule has 0 unspecified atom stereocenters. The first kappa shape index (κ1) is 19.2. The van der Waals surface area contributed by atoms with Gasteiger partial charge in [-0.3, -0.25) is 9.59 Å². The van der Waals surface area contributed by atoms with Gasteiger partial charge in [-0.1, -0.05) is 12.1 Å². The molecule has 8 heteroatoms. The van der Waals surface area contributed by atoms with E-state index in [1.807, 2.05) is 0 Å². The van der Waals surface area contributed by atoms with Crippen molar-refractivity contribution in [3.05, 3.63) is 29.8 Å². The third-order valence-corrected chi connectivity index (χ3v) is 4.73. The summed E-state index contributed by atoms with van der Waals surface area (Å²) in [7, 11) is 0. The molecule has 2 saturated heterocycles. The maximum atomic E-state index is 12.9. The Bertz CT molecular complexity index is 694. The predicted octanol–water partition coefficient (Wildman–Crippen LogP) is 1.72. The smallest absolute Gasteiger partial charge is 0.409 e. The quantitative estimate of drug-likeness (QED) is 0.866. The van der Waals surface area contributed by atoms with Crippen LogP contribution in [0.4, 0.5) is 10.5 Å². The second-order valence-corrected chi connectivity index (χ2v) is 6.51. The minimum atomic E-state index is -0.457. The Morgan fingerprint density at radius 3 is 2.52 bits per heavy atom. The molecule has 2 heterocycles. The van der Waals surface area contributed by atoms with Gasteiger partial charge in [0.25, 0.3) is 11.8 Å². The highest BCUT2D eigenvalue weighted by Crippen LogP contribution is 2.21. The Balaban J connectivity index is 1.63. The molecule has 0 aromatic heterocycles. The summed E-state index contributed by atoms with van der Waals surface area (Å²) in [5.74, 6) is -0.387. The van der Waals surface area contributed by atoms with Gasteiger partial charge in [0, 0.05) is 32.8 Å². The number of hydrogen-bond acceptors (Lipinski definition) is 5. The average molecular weight is 375 g/mol. The third-order valence-electron chi connectivity index (χ3n) is 4.73. The zero-order valence-electron chi connectivity index (χ0n) is 15.5. The fourth-order valence-corrected chi connectivity index (χ4v) is 3.25. The van der Waals surface area contributed by atoms with E-state index in [1.54, 1.807) is 41.0 Å². The summed E-state index contributed by atoms with van der Waals surface area (Å²) < 4.78 is 10.4. The van der Waals surface area contributed by atoms with Crippen molar-refractivity contribution >= 4 is 23.6 Å². The second kappa shape index (κ2) is 8.85. The molecule has 3 amide bonds. The number of para-hydroxylation sites is 1. The predicted molar refractivity (Wildman–Crippen MR) is 98.5 cm³/mol. The topological polar surface area (TPSA) is 88.2 Å². The Kier molecular flexibility index (Phi) is 6.28. The summed E-state index contributed by atoms with van der Waals surface area (Å²) in [6, 6.07) is 6.96. The lowest BCUT2D eigenvalue weighted by molar-refractivity contribution is -0.124. The van der Waals surface area contributed by atoms with E-state index in [9.17, 15) is 14.4 Å². The van der Waals surface area contributed by atoms with Crippen LogP contribution in [-0.2, 0) is 14.3 Å². The van der Waals surface area contributed by atoms with Crippen LogP contribution in [0.15, 0.2) is 24.3 Å². The molecule has 0 aliphatic carbocycles. The molecule has 0 radical (unpaired) electrons. The van der Waals surface area contributed by atoms with Crippen LogP contribution in [0.2, 0.25) is 0 Å². The van der Waals surface area contributed by atoms with Crippen LogP contribution in [0.5, 0.6) is 0 Å². The minimum absolute atomic E-state index is 0.165. The third kappa shape index (κ3) is 4.57. The molecule has 2 aliphatic rings. The Morgan fingerprint density at radius 2 is 1.85 bits per heavy atom. The molecular weight excluding hydrogens is 350 g/mol. The van der Waals surface area contributed by atoms with E-state index < -0.39 is 6.10 Å². The lowest BCUT2D eigenvalue weighted by Gasteiger charge is -2.34. The number of piperazine rings is 1. The molecule has 1 aromatic carbocycles. The van der Waals surface area contributed by atoms with E-state index in [4.69, 9.17) is 9.47 Å². The van der Waals surface area contributed by atoms with E-state index in [1.165, 1.54) is 0 Å². The van der Waals surface area contributed by atoms with Crippen molar-refractivity contribution in [1.29, 1.82) is 0 Å². The van der Waals surface area contributed by atoms with Crippen LogP contribution in [0.1, 0.15) is 30.1 Å². The monoisotopic (exact) mass is 375 g/mol. The highest BCUT2D eigenvalue weighted by molar-refractivity contribution is 6.04. The highest BCUT2D eigenvalue weighted by Gasteiger charge is 2.28. The molecule has 0 saturated carbocycles. The van der Waals surface area contributed by atoms with E-state index >= 15 is 0 Å². The number of ether oxygens (including phenoxy) is 2. The molecule has 27 heavy (non-hydrogen) atoms. The summed E-state index contributed by atoms with van der Waals surface area (Å²) >= 11 is 0. The number of nitrogens with zero attached hydrogens (tertiary/aromatic N) is 2. The number of benzene rings is 1. The van der Waals surface area contributed by atoms with Crippen LogP contribution >= 0.6 is 0 Å². The van der Waals surface area contributed by atoms with Crippen LogP contribution in [0.25, 0.3) is 0 Å². The van der Waals surface area contributed by atoms with Gasteiger partial charge in [-0.05, 0) is 31.9 Å². The highest BCUT2D eigenvalue weighted by atomic mass is 16.6. The molecule has 3 rings (SSSR count). The maximum absolute atomic E-state index is 12.9. The van der Waals surface area contributed by atoms with Gasteiger partial charge >= 0.3 is 6.09 Å². The number of nitrogens with one attached hydrogen (secondary N) is 1. The zero-order valence-corrected chi connectivity index (χ0v) is 15.5. The van der Waals surface area contributed by atoms with E-state index in [0.29, 0.717) is 57.1 Å². The second-order valence-electron chi connectivity index (χ2n) is 6.51. The number of carbonyl (C=O) groups is 3. The van der Waals surface area contributed by atoms with Crippen LogP contribution in [0.3, 0.4) is 0 Å². The lowest BCUT2D eigenvalue weighted by Crippen LogP contribution is -2.50. The Morgan fingerprint density at radius 1 is 1.15 bits per heavy atom. The molecule has 0 spiro atoms. The van der Waals surface area contributed by atoms with Gasteiger partial charge in [0.1, 0.15) is 6.10 Å². The first-order valence-corrected chi connectivity index (χ1v) is 9.32. The van der Waals surface area contributed by atoms with E-state index in [-0.39, 0.29) is 17.9 Å². The van der Waals surface area contributed by atoms with E-state index in [2.05, 4.69) is 5.32 Å². The first-order chi connectivity index (χ1) is 13.1. The number of rotatable bonds is 4. The molecule has 8 nitrogen and oxygen atoms in total. The van der Waals surface area contributed by atoms with Gasteiger partial charge in [-0.15, -0.1) is 0 Å². The molecule has 0 bridgehead atoms.